The Balaban J connectivity index is 2.07. The molecule has 16 heavy (non-hydrogen) atoms. The quantitative estimate of drug-likeness (QED) is 0.876. The molecule has 1 aromatic rings. The van der Waals surface area contributed by atoms with Crippen molar-refractivity contribution in [1.29, 1.82) is 0 Å². The summed E-state index contributed by atoms with van der Waals surface area (Å²) in [5.74, 6) is -0.471. The van der Waals surface area contributed by atoms with Crippen LogP contribution < -0.4 is 10.6 Å². The number of nitrogens with one attached hydrogen (secondary N) is 2. The second-order valence-electron chi connectivity index (χ2n) is 3.76. The molecule has 3 nitrogen and oxygen atoms in total. The minimum Gasteiger partial charge on any atom is -0.324 e. The zero-order valence-electron chi connectivity index (χ0n) is 8.59. The molecule has 0 bridgehead atoms. The monoisotopic (exact) mass is 286 g/mol. The van der Waals surface area contributed by atoms with Gasteiger partial charge in [-0.05, 0) is 53.5 Å². The Morgan fingerprint density at radius 1 is 1.56 bits per heavy atom. The smallest absolute Gasteiger partial charge is 0.241 e. The first-order chi connectivity index (χ1) is 7.66. The molecule has 5 heteroatoms. The number of carbonyl (C=O) groups excluding carboxylic acids is 1. The second kappa shape index (κ2) is 4.93. The molecular formula is C11H12BrFN2O. The van der Waals surface area contributed by atoms with E-state index in [-0.39, 0.29) is 17.8 Å². The van der Waals surface area contributed by atoms with Gasteiger partial charge in [-0.25, -0.2) is 4.39 Å². The zero-order chi connectivity index (χ0) is 11.5. The van der Waals surface area contributed by atoms with Crippen molar-refractivity contribution in [2.45, 2.75) is 18.9 Å². The number of carbonyl (C=O) groups is 1. The molecule has 0 aromatic heterocycles. The lowest BCUT2D eigenvalue weighted by molar-refractivity contribution is -0.117. The Hall–Kier alpha value is -0.940. The van der Waals surface area contributed by atoms with Gasteiger partial charge < -0.3 is 10.6 Å². The highest BCUT2D eigenvalue weighted by Gasteiger charge is 2.22. The van der Waals surface area contributed by atoms with Gasteiger partial charge in [-0.2, -0.15) is 0 Å². The highest BCUT2D eigenvalue weighted by atomic mass is 79.9. The molecule has 0 saturated carbocycles. The minimum atomic E-state index is -0.363. The summed E-state index contributed by atoms with van der Waals surface area (Å²) in [5.41, 5.74) is 0.471. The largest absolute Gasteiger partial charge is 0.324 e. The first-order valence-electron chi connectivity index (χ1n) is 5.16. The lowest BCUT2D eigenvalue weighted by atomic mass is 10.2. The fraction of sp³-hybridized carbons (Fsp3) is 0.364. The van der Waals surface area contributed by atoms with Gasteiger partial charge in [0.1, 0.15) is 5.82 Å². The van der Waals surface area contributed by atoms with E-state index in [0.717, 1.165) is 19.4 Å². The molecule has 0 radical (unpaired) electrons. The van der Waals surface area contributed by atoms with Crippen molar-refractivity contribution in [1.82, 2.24) is 5.32 Å². The van der Waals surface area contributed by atoms with E-state index in [4.69, 9.17) is 0 Å². The summed E-state index contributed by atoms with van der Waals surface area (Å²) in [4.78, 5) is 11.8. The molecule has 2 rings (SSSR count). The molecular weight excluding hydrogens is 275 g/mol. The standard InChI is InChI=1S/C11H12BrFN2O/c12-8-4-3-7(13)6-10(8)15-11(16)9-2-1-5-14-9/h3-4,6,9,14H,1-2,5H2,(H,15,16). The maximum Gasteiger partial charge on any atom is 0.241 e. The number of rotatable bonds is 2. The lowest BCUT2D eigenvalue weighted by Crippen LogP contribution is -2.35. The van der Waals surface area contributed by atoms with Crippen molar-refractivity contribution in [3.63, 3.8) is 0 Å². The van der Waals surface area contributed by atoms with Crippen molar-refractivity contribution >= 4 is 27.5 Å². The van der Waals surface area contributed by atoms with Crippen LogP contribution >= 0.6 is 15.9 Å². The topological polar surface area (TPSA) is 41.1 Å². The molecule has 1 fully saturated rings. The molecule has 0 aliphatic carbocycles. The van der Waals surface area contributed by atoms with Gasteiger partial charge in [0.25, 0.3) is 0 Å². The van der Waals surface area contributed by atoms with Crippen LogP contribution in [0.5, 0.6) is 0 Å². The Morgan fingerprint density at radius 3 is 3.06 bits per heavy atom. The molecule has 1 atom stereocenters. The van der Waals surface area contributed by atoms with E-state index in [9.17, 15) is 9.18 Å². The van der Waals surface area contributed by atoms with Gasteiger partial charge in [-0.3, -0.25) is 4.79 Å². The van der Waals surface area contributed by atoms with Crippen LogP contribution in [0.4, 0.5) is 10.1 Å². The van der Waals surface area contributed by atoms with Crippen molar-refractivity contribution in [3.8, 4) is 0 Å². The average Bonchev–Trinajstić information content (AvgIpc) is 2.76. The van der Waals surface area contributed by atoms with E-state index in [1.165, 1.54) is 12.1 Å². The molecule has 1 aliphatic heterocycles. The van der Waals surface area contributed by atoms with Crippen LogP contribution in [0.3, 0.4) is 0 Å². The average molecular weight is 287 g/mol. The van der Waals surface area contributed by atoms with Crippen molar-refractivity contribution < 1.29 is 9.18 Å². The first-order valence-corrected chi connectivity index (χ1v) is 5.95. The number of anilines is 1. The molecule has 1 heterocycles. The van der Waals surface area contributed by atoms with Gasteiger partial charge in [-0.1, -0.05) is 0 Å². The van der Waals surface area contributed by atoms with Gasteiger partial charge in [0.15, 0.2) is 0 Å². The Labute approximate surface area is 102 Å². The lowest BCUT2D eigenvalue weighted by Gasteiger charge is -2.12. The molecule has 1 aliphatic rings. The van der Waals surface area contributed by atoms with Gasteiger partial charge in [-0.15, -0.1) is 0 Å². The number of hydrogen-bond acceptors (Lipinski definition) is 2. The highest BCUT2D eigenvalue weighted by molar-refractivity contribution is 9.10. The maximum absolute atomic E-state index is 13.0. The Bertz CT molecular complexity index is 405. The molecule has 1 saturated heterocycles. The van der Waals surface area contributed by atoms with Crippen LogP contribution in [0, 0.1) is 5.82 Å². The summed E-state index contributed by atoms with van der Waals surface area (Å²) in [6, 6.07) is 4.06. The van der Waals surface area contributed by atoms with Crippen LogP contribution in [0.25, 0.3) is 0 Å². The first kappa shape index (κ1) is 11.5. The molecule has 1 aromatic carbocycles. The number of halogens is 2. The van der Waals surface area contributed by atoms with E-state index in [2.05, 4.69) is 26.6 Å². The van der Waals surface area contributed by atoms with E-state index in [0.29, 0.717) is 10.2 Å². The summed E-state index contributed by atoms with van der Waals surface area (Å²) in [6.07, 6.45) is 1.83. The normalized spacial score (nSPS) is 19.8. The predicted octanol–water partition coefficient (Wildman–Crippen LogP) is 2.28. The fourth-order valence-corrected chi connectivity index (χ4v) is 2.07. The zero-order valence-corrected chi connectivity index (χ0v) is 10.2. The second-order valence-corrected chi connectivity index (χ2v) is 4.62. The van der Waals surface area contributed by atoms with Gasteiger partial charge in [0, 0.05) is 4.47 Å². The summed E-state index contributed by atoms with van der Waals surface area (Å²) in [6.45, 7) is 0.863. The number of benzene rings is 1. The third kappa shape index (κ3) is 2.59. The maximum atomic E-state index is 13.0. The Kier molecular flexibility index (Phi) is 3.56. The fourth-order valence-electron chi connectivity index (χ4n) is 1.72. The molecule has 1 unspecified atom stereocenters. The highest BCUT2D eigenvalue weighted by Crippen LogP contribution is 2.23. The summed E-state index contributed by atoms with van der Waals surface area (Å²) in [5, 5.41) is 5.79. The van der Waals surface area contributed by atoms with Crippen LogP contribution in [0.15, 0.2) is 22.7 Å². The number of hydrogen-bond donors (Lipinski definition) is 2. The van der Waals surface area contributed by atoms with E-state index < -0.39 is 0 Å². The summed E-state index contributed by atoms with van der Waals surface area (Å²) in [7, 11) is 0. The number of amides is 1. The van der Waals surface area contributed by atoms with Gasteiger partial charge >= 0.3 is 0 Å². The van der Waals surface area contributed by atoms with Gasteiger partial charge in [0.2, 0.25) is 5.91 Å². The van der Waals surface area contributed by atoms with E-state index >= 15 is 0 Å². The van der Waals surface area contributed by atoms with Crippen molar-refractivity contribution in [2.75, 3.05) is 11.9 Å². The third-order valence-corrected chi connectivity index (χ3v) is 3.25. The SMILES string of the molecule is O=C(Nc1cc(F)ccc1Br)C1CCCN1. The summed E-state index contributed by atoms with van der Waals surface area (Å²) < 4.78 is 13.7. The van der Waals surface area contributed by atoms with E-state index in [1.807, 2.05) is 0 Å². The Morgan fingerprint density at radius 2 is 2.38 bits per heavy atom. The van der Waals surface area contributed by atoms with Crippen LogP contribution in [0.2, 0.25) is 0 Å². The van der Waals surface area contributed by atoms with Gasteiger partial charge in [0.05, 0.1) is 11.7 Å². The minimum absolute atomic E-state index is 0.108. The summed E-state index contributed by atoms with van der Waals surface area (Å²) >= 11 is 3.27. The molecule has 0 spiro atoms. The third-order valence-electron chi connectivity index (χ3n) is 2.56. The van der Waals surface area contributed by atoms with E-state index in [1.54, 1.807) is 6.07 Å². The molecule has 86 valence electrons. The van der Waals surface area contributed by atoms with Crippen LogP contribution in [-0.4, -0.2) is 18.5 Å². The van der Waals surface area contributed by atoms with Crippen molar-refractivity contribution in [3.05, 3.63) is 28.5 Å². The van der Waals surface area contributed by atoms with Crippen molar-refractivity contribution in [2.24, 2.45) is 0 Å². The molecule has 2 N–H and O–H groups in total. The molecule has 1 amide bonds. The predicted molar refractivity (Wildman–Crippen MR) is 63.8 cm³/mol. The van der Waals surface area contributed by atoms with Crippen LogP contribution in [0.1, 0.15) is 12.8 Å². The van der Waals surface area contributed by atoms with Crippen LogP contribution in [-0.2, 0) is 4.79 Å².